The van der Waals surface area contributed by atoms with Crippen LogP contribution in [0.2, 0.25) is 0 Å². The lowest BCUT2D eigenvalue weighted by molar-refractivity contribution is -0.0466. The molecule has 22 heavy (non-hydrogen) atoms. The Hall–Kier alpha value is -1.74. The van der Waals surface area contributed by atoms with Gasteiger partial charge in [-0.3, -0.25) is 9.78 Å². The third-order valence-corrected chi connectivity index (χ3v) is 4.08. The summed E-state index contributed by atoms with van der Waals surface area (Å²) in [5.41, 5.74) is -0.332. The summed E-state index contributed by atoms with van der Waals surface area (Å²) in [6, 6.07) is 1.15. The molecule has 0 saturated carbocycles. The quantitative estimate of drug-likeness (QED) is 0.773. The van der Waals surface area contributed by atoms with Gasteiger partial charge in [-0.25, -0.2) is 0 Å². The number of rotatable bonds is 4. The molecule has 1 fully saturated rings. The fourth-order valence-corrected chi connectivity index (χ4v) is 2.61. The molecule has 0 aromatic carbocycles. The molecule has 1 aromatic heterocycles. The van der Waals surface area contributed by atoms with Crippen molar-refractivity contribution in [3.05, 3.63) is 24.0 Å². The van der Waals surface area contributed by atoms with E-state index in [-0.39, 0.29) is 17.2 Å². The molecule has 1 saturated heterocycles. The number of amides is 1. The molecule has 2 rings (SSSR count). The van der Waals surface area contributed by atoms with Gasteiger partial charge in [0, 0.05) is 12.7 Å². The summed E-state index contributed by atoms with van der Waals surface area (Å²) in [6.45, 7) is 5.10. The Morgan fingerprint density at radius 3 is 2.91 bits per heavy atom. The smallest absolute Gasteiger partial charge is 0.377 e. The van der Waals surface area contributed by atoms with Crippen LogP contribution in [-0.4, -0.2) is 49.5 Å². The number of nitrogens with zero attached hydrogens (tertiary/aromatic N) is 2. The van der Waals surface area contributed by atoms with Gasteiger partial charge in [0.05, 0.1) is 30.5 Å². The van der Waals surface area contributed by atoms with Crippen LogP contribution in [-0.2, 0) is 15.2 Å². The molecular formula is C13H17FN2O5S. The van der Waals surface area contributed by atoms with Crippen molar-refractivity contribution in [2.24, 2.45) is 0 Å². The molecule has 0 bridgehead atoms. The van der Waals surface area contributed by atoms with Crippen LogP contribution in [0.25, 0.3) is 0 Å². The van der Waals surface area contributed by atoms with E-state index < -0.39 is 16.0 Å². The predicted molar refractivity (Wildman–Crippen MR) is 75.4 cm³/mol. The van der Waals surface area contributed by atoms with E-state index in [2.05, 4.69) is 9.17 Å². The van der Waals surface area contributed by atoms with Crippen molar-refractivity contribution in [2.75, 3.05) is 19.8 Å². The summed E-state index contributed by atoms with van der Waals surface area (Å²) in [5.74, 6) is -0.679. The van der Waals surface area contributed by atoms with Crippen molar-refractivity contribution in [1.82, 2.24) is 9.88 Å². The zero-order valence-corrected chi connectivity index (χ0v) is 13.1. The van der Waals surface area contributed by atoms with E-state index in [1.807, 2.05) is 13.8 Å². The third kappa shape index (κ3) is 3.72. The largest absolute Gasteiger partial charge is 0.488 e. The Morgan fingerprint density at radius 2 is 2.27 bits per heavy atom. The number of aromatic nitrogens is 1. The van der Waals surface area contributed by atoms with Crippen molar-refractivity contribution < 1.29 is 26.0 Å². The molecule has 0 aliphatic carbocycles. The fourth-order valence-electron chi connectivity index (χ4n) is 2.29. The lowest BCUT2D eigenvalue weighted by Gasteiger charge is -2.44. The molecule has 1 unspecified atom stereocenters. The number of carbonyl (C=O) groups is 1. The van der Waals surface area contributed by atoms with E-state index in [9.17, 15) is 17.1 Å². The zero-order valence-electron chi connectivity index (χ0n) is 12.3. The Labute approximate surface area is 128 Å². The van der Waals surface area contributed by atoms with Crippen LogP contribution in [0, 0.1) is 0 Å². The first kappa shape index (κ1) is 16.6. The number of halogens is 1. The minimum atomic E-state index is -5.16. The summed E-state index contributed by atoms with van der Waals surface area (Å²) in [6.07, 6.45) is 3.00. The van der Waals surface area contributed by atoms with Gasteiger partial charge in [-0.15, -0.1) is 0 Å². The van der Waals surface area contributed by atoms with Gasteiger partial charge >= 0.3 is 10.5 Å². The SMILES string of the molecule is CCC1(C)COCCN1C(=O)c1cncc(OS(=O)(=O)F)c1. The standard InChI is InChI=1S/C13H17FN2O5S/c1-3-13(2)9-20-5-4-16(13)12(17)10-6-11(8-15-7-10)21-22(14,18)19/h6-8H,3-5,9H2,1-2H3. The van der Waals surface area contributed by atoms with Gasteiger partial charge in [0.25, 0.3) is 5.91 Å². The summed E-state index contributed by atoms with van der Waals surface area (Å²) >= 11 is 0. The van der Waals surface area contributed by atoms with Crippen molar-refractivity contribution >= 4 is 16.4 Å². The van der Waals surface area contributed by atoms with Gasteiger partial charge in [-0.1, -0.05) is 10.8 Å². The highest BCUT2D eigenvalue weighted by Gasteiger charge is 2.37. The predicted octanol–water partition coefficient (Wildman–Crippen LogP) is 1.32. The van der Waals surface area contributed by atoms with E-state index in [0.29, 0.717) is 26.2 Å². The van der Waals surface area contributed by atoms with Gasteiger partial charge in [-0.05, 0) is 19.4 Å². The normalized spacial score (nSPS) is 22.4. The second-order valence-electron chi connectivity index (χ2n) is 5.25. The van der Waals surface area contributed by atoms with Crippen LogP contribution < -0.4 is 4.18 Å². The second-order valence-corrected chi connectivity index (χ2v) is 6.20. The Bertz CT molecular complexity index is 666. The average molecular weight is 332 g/mol. The van der Waals surface area contributed by atoms with E-state index in [0.717, 1.165) is 12.3 Å². The van der Waals surface area contributed by atoms with Gasteiger partial charge in [0.1, 0.15) is 0 Å². The highest BCUT2D eigenvalue weighted by molar-refractivity contribution is 7.81. The van der Waals surface area contributed by atoms with Crippen LogP contribution in [0.15, 0.2) is 18.5 Å². The molecular weight excluding hydrogens is 315 g/mol. The van der Waals surface area contributed by atoms with Gasteiger partial charge in [-0.2, -0.15) is 8.42 Å². The molecule has 1 aromatic rings. The van der Waals surface area contributed by atoms with E-state index in [1.54, 1.807) is 4.90 Å². The molecule has 0 spiro atoms. The molecule has 1 amide bonds. The van der Waals surface area contributed by atoms with Crippen LogP contribution >= 0.6 is 0 Å². The van der Waals surface area contributed by atoms with Crippen molar-refractivity contribution in [2.45, 2.75) is 25.8 Å². The number of hydrogen-bond acceptors (Lipinski definition) is 6. The third-order valence-electron chi connectivity index (χ3n) is 3.69. The number of morpholine rings is 1. The molecule has 1 aliphatic rings. The number of hydrogen-bond donors (Lipinski definition) is 0. The maximum absolute atomic E-state index is 12.6. The van der Waals surface area contributed by atoms with Crippen LogP contribution in [0.1, 0.15) is 30.6 Å². The molecule has 2 heterocycles. The minimum Gasteiger partial charge on any atom is -0.377 e. The minimum absolute atomic E-state index is 0.128. The summed E-state index contributed by atoms with van der Waals surface area (Å²) in [5, 5.41) is 0. The number of carbonyl (C=O) groups excluding carboxylic acids is 1. The monoisotopic (exact) mass is 332 g/mol. The summed E-state index contributed by atoms with van der Waals surface area (Å²) in [4.78, 5) is 18.0. The first-order chi connectivity index (χ1) is 10.2. The molecule has 7 nitrogen and oxygen atoms in total. The fraction of sp³-hybridized carbons (Fsp3) is 0.538. The maximum atomic E-state index is 12.6. The topological polar surface area (TPSA) is 85.8 Å². The first-order valence-corrected chi connectivity index (χ1v) is 8.05. The summed E-state index contributed by atoms with van der Waals surface area (Å²) in [7, 11) is -5.16. The van der Waals surface area contributed by atoms with Crippen LogP contribution in [0.4, 0.5) is 3.89 Å². The Morgan fingerprint density at radius 1 is 1.55 bits per heavy atom. The molecule has 0 radical (unpaired) electrons. The molecule has 1 aliphatic heterocycles. The molecule has 9 heteroatoms. The lowest BCUT2D eigenvalue weighted by Crippen LogP contribution is -2.57. The van der Waals surface area contributed by atoms with E-state index >= 15 is 0 Å². The first-order valence-electron chi connectivity index (χ1n) is 6.74. The zero-order chi connectivity index (χ0) is 16.4. The van der Waals surface area contributed by atoms with Crippen molar-refractivity contribution in [3.63, 3.8) is 0 Å². The molecule has 1 atom stereocenters. The summed E-state index contributed by atoms with van der Waals surface area (Å²) < 4.78 is 43.1. The van der Waals surface area contributed by atoms with E-state index in [4.69, 9.17) is 4.74 Å². The molecule has 0 N–H and O–H groups in total. The maximum Gasteiger partial charge on any atom is 0.488 e. The number of pyridine rings is 1. The number of ether oxygens (including phenoxy) is 1. The van der Waals surface area contributed by atoms with Gasteiger partial charge < -0.3 is 13.8 Å². The average Bonchev–Trinajstić information content (AvgIpc) is 2.45. The van der Waals surface area contributed by atoms with Crippen molar-refractivity contribution in [3.8, 4) is 5.75 Å². The van der Waals surface area contributed by atoms with Crippen molar-refractivity contribution in [1.29, 1.82) is 0 Å². The van der Waals surface area contributed by atoms with E-state index in [1.165, 1.54) is 6.20 Å². The Balaban J connectivity index is 2.27. The van der Waals surface area contributed by atoms with Crippen LogP contribution in [0.3, 0.4) is 0 Å². The Kier molecular flexibility index (Phi) is 4.66. The highest BCUT2D eigenvalue weighted by atomic mass is 32.3. The van der Waals surface area contributed by atoms with Gasteiger partial charge in [0.2, 0.25) is 0 Å². The van der Waals surface area contributed by atoms with Gasteiger partial charge in [0.15, 0.2) is 5.75 Å². The highest BCUT2D eigenvalue weighted by Crippen LogP contribution is 2.26. The second kappa shape index (κ2) is 6.17. The molecule has 122 valence electrons. The van der Waals surface area contributed by atoms with Crippen LogP contribution in [0.5, 0.6) is 5.75 Å². The lowest BCUT2D eigenvalue weighted by atomic mass is 9.95.